The molecule has 0 N–H and O–H groups in total. The molecular weight excluding hydrogens is 350 g/mol. The van der Waals surface area contributed by atoms with Crippen molar-refractivity contribution >= 4 is 23.1 Å². The quantitative estimate of drug-likeness (QED) is 0.550. The highest BCUT2D eigenvalue weighted by molar-refractivity contribution is 8.03. The SMILES string of the molecule is C=C1/C=C\C=C/COC2=C1Sc1ccccc1N2c1c(C)cc(C)cc1C. The molecule has 0 aromatic heterocycles. The zero-order valence-corrected chi connectivity index (χ0v) is 16.8. The fourth-order valence-corrected chi connectivity index (χ4v) is 4.75. The molecule has 0 atom stereocenters. The van der Waals surface area contributed by atoms with E-state index in [4.69, 9.17) is 4.74 Å². The van der Waals surface area contributed by atoms with Crippen molar-refractivity contribution < 1.29 is 4.74 Å². The van der Waals surface area contributed by atoms with Crippen LogP contribution in [0.1, 0.15) is 16.7 Å². The van der Waals surface area contributed by atoms with Crippen molar-refractivity contribution in [3.8, 4) is 0 Å². The van der Waals surface area contributed by atoms with Crippen molar-refractivity contribution in [2.75, 3.05) is 11.5 Å². The van der Waals surface area contributed by atoms with E-state index in [9.17, 15) is 0 Å². The molecule has 2 aliphatic rings. The number of fused-ring (bicyclic) bond motifs is 1. The molecular formula is C24H23NOS. The van der Waals surface area contributed by atoms with Crippen molar-refractivity contribution in [1.82, 2.24) is 0 Å². The Morgan fingerprint density at radius 3 is 2.56 bits per heavy atom. The number of allylic oxidation sites excluding steroid dienone is 4. The second-order valence-electron chi connectivity index (χ2n) is 6.91. The summed E-state index contributed by atoms with van der Waals surface area (Å²) < 4.78 is 6.30. The first-order chi connectivity index (χ1) is 13.1. The van der Waals surface area contributed by atoms with Crippen LogP contribution in [0.15, 0.2) is 88.5 Å². The topological polar surface area (TPSA) is 12.5 Å². The van der Waals surface area contributed by atoms with Crippen LogP contribution in [0.3, 0.4) is 0 Å². The van der Waals surface area contributed by atoms with Crippen LogP contribution in [0, 0.1) is 20.8 Å². The standard InChI is InChI=1S/C24H23NOS/c1-16-14-18(3)22(19(4)15-16)25-20-11-7-8-12-21(20)27-23-17(2)10-6-5-9-13-26-24(23)25/h5-12,14-15H,2,13H2,1,3-4H3/b9-5-,10-6-. The molecule has 0 unspecified atom stereocenters. The summed E-state index contributed by atoms with van der Waals surface area (Å²) in [6, 6.07) is 13.0. The highest BCUT2D eigenvalue weighted by Crippen LogP contribution is 2.50. The number of nitrogens with zero attached hydrogens (tertiary/aromatic N) is 1. The predicted octanol–water partition coefficient (Wildman–Crippen LogP) is 6.72. The van der Waals surface area contributed by atoms with Crippen molar-refractivity contribution in [3.05, 3.63) is 100 Å². The van der Waals surface area contributed by atoms with E-state index in [1.165, 1.54) is 27.3 Å². The van der Waals surface area contributed by atoms with Gasteiger partial charge in [0.15, 0.2) is 0 Å². The third-order valence-electron chi connectivity index (χ3n) is 4.73. The van der Waals surface area contributed by atoms with Gasteiger partial charge in [0.25, 0.3) is 0 Å². The molecule has 0 amide bonds. The van der Waals surface area contributed by atoms with Gasteiger partial charge in [0.05, 0.1) is 16.3 Å². The first-order valence-corrected chi connectivity index (χ1v) is 9.92. The third-order valence-corrected chi connectivity index (χ3v) is 5.93. The Bertz CT molecular complexity index is 990. The second-order valence-corrected chi connectivity index (χ2v) is 7.96. The molecule has 2 nitrogen and oxygen atoms in total. The highest BCUT2D eigenvalue weighted by atomic mass is 32.2. The van der Waals surface area contributed by atoms with E-state index in [1.807, 2.05) is 18.2 Å². The summed E-state index contributed by atoms with van der Waals surface area (Å²) in [7, 11) is 0. The molecule has 2 aliphatic heterocycles. The number of para-hydroxylation sites is 1. The van der Waals surface area contributed by atoms with Gasteiger partial charge in [-0.15, -0.1) is 0 Å². The molecule has 2 aromatic carbocycles. The smallest absolute Gasteiger partial charge is 0.214 e. The van der Waals surface area contributed by atoms with Crippen molar-refractivity contribution in [3.63, 3.8) is 0 Å². The normalized spacial score (nSPS) is 18.6. The molecule has 2 heterocycles. The number of rotatable bonds is 1. The van der Waals surface area contributed by atoms with Gasteiger partial charge in [0.2, 0.25) is 5.88 Å². The van der Waals surface area contributed by atoms with Gasteiger partial charge in [0, 0.05) is 4.90 Å². The average molecular weight is 374 g/mol. The molecule has 3 heteroatoms. The first kappa shape index (κ1) is 17.7. The largest absolute Gasteiger partial charge is 0.474 e. The first-order valence-electron chi connectivity index (χ1n) is 9.10. The van der Waals surface area contributed by atoms with Crippen molar-refractivity contribution in [1.29, 1.82) is 0 Å². The zero-order chi connectivity index (χ0) is 19.0. The molecule has 136 valence electrons. The Hall–Kier alpha value is -2.65. The lowest BCUT2D eigenvalue weighted by Gasteiger charge is -2.36. The summed E-state index contributed by atoms with van der Waals surface area (Å²) in [6.07, 6.45) is 8.11. The van der Waals surface area contributed by atoms with Crippen LogP contribution >= 0.6 is 11.8 Å². The lowest BCUT2D eigenvalue weighted by Crippen LogP contribution is -2.25. The number of hydrogen-bond acceptors (Lipinski definition) is 3. The second kappa shape index (κ2) is 7.16. The predicted molar refractivity (Wildman–Crippen MR) is 115 cm³/mol. The Morgan fingerprint density at radius 2 is 1.78 bits per heavy atom. The summed E-state index contributed by atoms with van der Waals surface area (Å²) in [5.74, 6) is 0.856. The van der Waals surface area contributed by atoms with Crippen LogP contribution in [0.25, 0.3) is 0 Å². The Morgan fingerprint density at radius 1 is 1.04 bits per heavy atom. The van der Waals surface area contributed by atoms with E-state index < -0.39 is 0 Å². The molecule has 0 spiro atoms. The molecule has 0 bridgehead atoms. The van der Waals surface area contributed by atoms with Crippen LogP contribution in [0.5, 0.6) is 0 Å². The van der Waals surface area contributed by atoms with Crippen LogP contribution in [0.2, 0.25) is 0 Å². The zero-order valence-electron chi connectivity index (χ0n) is 16.0. The number of aryl methyl sites for hydroxylation is 3. The van der Waals surface area contributed by atoms with Crippen LogP contribution < -0.4 is 4.90 Å². The number of anilines is 2. The summed E-state index contributed by atoms with van der Waals surface area (Å²) in [5.41, 5.74) is 7.04. The maximum absolute atomic E-state index is 6.30. The summed E-state index contributed by atoms with van der Waals surface area (Å²) in [4.78, 5) is 4.54. The fraction of sp³-hybridized carbons (Fsp3) is 0.167. The lowest BCUT2D eigenvalue weighted by molar-refractivity contribution is 0.241. The minimum absolute atomic E-state index is 0.527. The van der Waals surface area contributed by atoms with E-state index in [0.717, 1.165) is 22.0 Å². The minimum Gasteiger partial charge on any atom is -0.474 e. The Balaban J connectivity index is 1.99. The molecule has 27 heavy (non-hydrogen) atoms. The Kier molecular flexibility index (Phi) is 4.71. The van der Waals surface area contributed by atoms with Crippen LogP contribution in [0.4, 0.5) is 11.4 Å². The van der Waals surface area contributed by atoms with Crippen LogP contribution in [-0.2, 0) is 4.74 Å². The van der Waals surface area contributed by atoms with Gasteiger partial charge in [-0.05, 0) is 55.7 Å². The van der Waals surface area contributed by atoms with Gasteiger partial charge in [-0.1, -0.05) is 66.4 Å². The van der Waals surface area contributed by atoms with Gasteiger partial charge in [-0.25, -0.2) is 0 Å². The molecule has 2 aromatic rings. The van der Waals surface area contributed by atoms with Gasteiger partial charge >= 0.3 is 0 Å². The molecule has 0 saturated heterocycles. The molecule has 0 fully saturated rings. The van der Waals surface area contributed by atoms with Gasteiger partial charge in [-0.3, -0.25) is 4.90 Å². The highest BCUT2D eigenvalue weighted by Gasteiger charge is 2.31. The molecule has 0 saturated carbocycles. The molecule has 0 aliphatic carbocycles. The van der Waals surface area contributed by atoms with Crippen molar-refractivity contribution in [2.45, 2.75) is 25.7 Å². The minimum atomic E-state index is 0.527. The van der Waals surface area contributed by atoms with E-state index in [-0.39, 0.29) is 0 Å². The van der Waals surface area contributed by atoms with Gasteiger partial charge < -0.3 is 4.74 Å². The van der Waals surface area contributed by atoms with Gasteiger partial charge in [-0.2, -0.15) is 0 Å². The number of thioether (sulfide) groups is 1. The average Bonchev–Trinajstić information content (AvgIpc) is 2.72. The van der Waals surface area contributed by atoms with E-state index in [2.05, 4.69) is 74.7 Å². The number of ether oxygens (including phenoxy) is 1. The molecule has 0 radical (unpaired) electrons. The van der Waals surface area contributed by atoms with Crippen molar-refractivity contribution in [2.24, 2.45) is 0 Å². The summed E-state index contributed by atoms with van der Waals surface area (Å²) >= 11 is 1.73. The van der Waals surface area contributed by atoms with Gasteiger partial charge in [0.1, 0.15) is 6.61 Å². The number of benzene rings is 2. The number of hydrogen-bond donors (Lipinski definition) is 0. The lowest BCUT2D eigenvalue weighted by atomic mass is 10.0. The van der Waals surface area contributed by atoms with E-state index in [0.29, 0.717) is 6.61 Å². The van der Waals surface area contributed by atoms with E-state index >= 15 is 0 Å². The van der Waals surface area contributed by atoms with E-state index in [1.54, 1.807) is 11.8 Å². The fourth-order valence-electron chi connectivity index (χ4n) is 3.68. The summed E-state index contributed by atoms with van der Waals surface area (Å²) in [6.45, 7) is 11.3. The van der Waals surface area contributed by atoms with Crippen LogP contribution in [-0.4, -0.2) is 6.61 Å². The summed E-state index contributed by atoms with van der Waals surface area (Å²) in [5, 5.41) is 0. The monoisotopic (exact) mass is 373 g/mol. The maximum atomic E-state index is 6.30. The third kappa shape index (κ3) is 3.24. The molecule has 4 rings (SSSR count). The Labute approximate surface area is 165 Å². The maximum Gasteiger partial charge on any atom is 0.214 e.